The van der Waals surface area contributed by atoms with Crippen LogP contribution in [0.15, 0.2) is 42.5 Å². The van der Waals surface area contributed by atoms with E-state index in [9.17, 15) is 19.8 Å². The van der Waals surface area contributed by atoms with Gasteiger partial charge in [0.25, 0.3) is 0 Å². The van der Waals surface area contributed by atoms with Crippen molar-refractivity contribution < 1.29 is 24.9 Å². The van der Waals surface area contributed by atoms with E-state index in [1.54, 1.807) is 29.8 Å². The predicted molar refractivity (Wildman–Crippen MR) is 127 cm³/mol. The van der Waals surface area contributed by atoms with Crippen molar-refractivity contribution in [1.29, 1.82) is 0 Å². The predicted octanol–water partition coefficient (Wildman–Crippen LogP) is 3.87. The van der Waals surface area contributed by atoms with Gasteiger partial charge >= 0.3 is 12.0 Å². The van der Waals surface area contributed by atoms with Gasteiger partial charge in [0.1, 0.15) is 5.37 Å². The van der Waals surface area contributed by atoms with E-state index in [4.69, 9.17) is 5.11 Å². The highest BCUT2D eigenvalue weighted by Gasteiger charge is 2.50. The Morgan fingerprint density at radius 3 is 2.34 bits per heavy atom. The lowest BCUT2D eigenvalue weighted by atomic mass is 9.98. The number of carbonyl (C=O) groups is 2. The molecule has 32 heavy (non-hydrogen) atoms. The van der Waals surface area contributed by atoms with Crippen molar-refractivity contribution >= 4 is 23.8 Å². The topological polar surface area (TPSA) is 101 Å². The first-order valence-corrected chi connectivity index (χ1v) is 11.7. The summed E-state index contributed by atoms with van der Waals surface area (Å²) in [5, 5.41) is 28.8. The number of nitrogens with zero attached hydrogens (tertiary/aromatic N) is 2. The van der Waals surface area contributed by atoms with Gasteiger partial charge in [0.15, 0.2) is 0 Å². The number of aliphatic hydroxyl groups is 2. The number of hydrogen-bond acceptors (Lipinski definition) is 5. The summed E-state index contributed by atoms with van der Waals surface area (Å²) < 4.78 is -0.342. The van der Waals surface area contributed by atoms with Crippen LogP contribution in [0.1, 0.15) is 58.4 Å². The van der Waals surface area contributed by atoms with Crippen LogP contribution < -0.4 is 0 Å². The lowest BCUT2D eigenvalue weighted by molar-refractivity contribution is -0.139. The second-order valence-corrected chi connectivity index (χ2v) is 11.5. The third-order valence-electron chi connectivity index (χ3n) is 5.72. The second kappa shape index (κ2) is 10.3. The highest BCUT2D eigenvalue weighted by Crippen LogP contribution is 2.53. The van der Waals surface area contributed by atoms with E-state index in [-0.39, 0.29) is 34.2 Å². The van der Waals surface area contributed by atoms with E-state index in [1.165, 1.54) is 0 Å². The minimum Gasteiger partial charge on any atom is -0.481 e. The zero-order valence-corrected chi connectivity index (χ0v) is 20.5. The molecule has 0 aliphatic carbocycles. The van der Waals surface area contributed by atoms with Gasteiger partial charge in [-0.15, -0.1) is 11.8 Å². The maximum Gasteiger partial charge on any atom is 0.321 e. The molecule has 1 aliphatic rings. The minimum absolute atomic E-state index is 0.0823. The van der Waals surface area contributed by atoms with Crippen molar-refractivity contribution in [2.75, 3.05) is 7.05 Å². The smallest absolute Gasteiger partial charge is 0.321 e. The molecule has 1 aromatic carbocycles. The van der Waals surface area contributed by atoms with Crippen LogP contribution in [0.3, 0.4) is 0 Å². The quantitative estimate of drug-likeness (QED) is 0.530. The Morgan fingerprint density at radius 2 is 1.81 bits per heavy atom. The van der Waals surface area contributed by atoms with Crippen LogP contribution in [0.5, 0.6) is 0 Å². The fourth-order valence-electron chi connectivity index (χ4n) is 3.62. The number of rotatable bonds is 7. The van der Waals surface area contributed by atoms with Crippen LogP contribution in [-0.4, -0.2) is 72.7 Å². The summed E-state index contributed by atoms with van der Waals surface area (Å²) in [5.74, 6) is -1.12. The number of thioether (sulfide) groups is 1. The normalized spacial score (nSPS) is 22.7. The van der Waals surface area contributed by atoms with Crippen molar-refractivity contribution in [2.24, 2.45) is 0 Å². The molecule has 1 aromatic rings. The van der Waals surface area contributed by atoms with E-state index < -0.39 is 24.6 Å². The van der Waals surface area contributed by atoms with Gasteiger partial charge in [0.05, 0.1) is 24.7 Å². The Morgan fingerprint density at radius 1 is 1.22 bits per heavy atom. The third-order valence-corrected chi connectivity index (χ3v) is 7.29. The van der Waals surface area contributed by atoms with Crippen LogP contribution in [0.4, 0.5) is 4.79 Å². The largest absolute Gasteiger partial charge is 0.481 e. The van der Waals surface area contributed by atoms with Gasteiger partial charge in [0, 0.05) is 23.8 Å². The number of carboxylic acid groups (broad SMARTS) is 1. The Bertz CT molecular complexity index is 821. The van der Waals surface area contributed by atoms with Gasteiger partial charge in [-0.2, -0.15) is 0 Å². The lowest BCUT2D eigenvalue weighted by Gasteiger charge is -2.39. The lowest BCUT2D eigenvalue weighted by Crippen LogP contribution is -2.53. The molecule has 2 rings (SSSR count). The third kappa shape index (κ3) is 6.49. The van der Waals surface area contributed by atoms with Gasteiger partial charge in [-0.3, -0.25) is 4.79 Å². The molecule has 178 valence electrons. The highest BCUT2D eigenvalue weighted by atomic mass is 32.2. The summed E-state index contributed by atoms with van der Waals surface area (Å²) in [6, 6.07) is 9.44. The zero-order valence-electron chi connectivity index (χ0n) is 19.7. The summed E-state index contributed by atoms with van der Waals surface area (Å²) in [6.45, 7) is 10.1. The number of aliphatic hydroxyl groups excluding tert-OH is 2. The molecule has 1 heterocycles. The number of aliphatic carboxylic acids is 1. The van der Waals surface area contributed by atoms with E-state index >= 15 is 0 Å². The van der Waals surface area contributed by atoms with Gasteiger partial charge in [0.2, 0.25) is 0 Å². The first kappa shape index (κ1) is 26.2. The number of amides is 2. The average molecular weight is 465 g/mol. The van der Waals surface area contributed by atoms with Crippen LogP contribution in [-0.2, 0) is 4.79 Å². The van der Waals surface area contributed by atoms with Crippen molar-refractivity contribution in [3.63, 3.8) is 0 Å². The molecule has 2 amide bonds. The minimum atomic E-state index is -1.14. The Kier molecular flexibility index (Phi) is 8.42. The molecule has 8 heteroatoms. The molecule has 0 bridgehead atoms. The van der Waals surface area contributed by atoms with Crippen LogP contribution >= 0.6 is 11.8 Å². The van der Waals surface area contributed by atoms with Gasteiger partial charge in [-0.05, 0) is 40.2 Å². The standard InChI is InChI=1S/C24H36N2O5S/c1-23(2,3)25(6)22(31)26-19(13-12-17(27)14-18(28)15-20(29)30)24(4,5)32-21(26)16-10-8-7-9-11-16/h7-13,17-19,21,27-28H,14-15H2,1-6H3,(H,29,30)/t17-,18+,19+,21?/m1/s1. The molecule has 4 atom stereocenters. The molecule has 1 aliphatic heterocycles. The maximum absolute atomic E-state index is 13.7. The van der Waals surface area contributed by atoms with Crippen molar-refractivity contribution in [3.8, 4) is 0 Å². The SMILES string of the molecule is CN(C(=O)N1C(c2ccccc2)SC(C)(C)[C@@H]1C=C[C@@H](O)C[C@H](O)CC(=O)O)C(C)(C)C. The average Bonchev–Trinajstić information content (AvgIpc) is 2.94. The fourth-order valence-corrected chi connectivity index (χ4v) is 5.16. The molecule has 1 saturated heterocycles. The van der Waals surface area contributed by atoms with E-state index in [2.05, 4.69) is 13.8 Å². The summed E-state index contributed by atoms with van der Waals surface area (Å²) in [4.78, 5) is 28.0. The van der Waals surface area contributed by atoms with Crippen molar-refractivity contribution in [3.05, 3.63) is 48.0 Å². The van der Waals surface area contributed by atoms with Crippen molar-refractivity contribution in [1.82, 2.24) is 9.80 Å². The summed E-state index contributed by atoms with van der Waals surface area (Å²) in [7, 11) is 1.79. The molecule has 0 radical (unpaired) electrons. The molecule has 1 unspecified atom stereocenters. The molecular weight excluding hydrogens is 428 g/mol. The molecular formula is C24H36N2O5S. The van der Waals surface area contributed by atoms with Gasteiger partial charge < -0.3 is 25.1 Å². The molecule has 3 N–H and O–H groups in total. The van der Waals surface area contributed by atoms with E-state index in [0.717, 1.165) is 5.56 Å². The van der Waals surface area contributed by atoms with Gasteiger partial charge in [-0.25, -0.2) is 4.79 Å². The summed E-state index contributed by atoms with van der Waals surface area (Å²) in [6.07, 6.45) is 0.706. The van der Waals surface area contributed by atoms with Crippen LogP contribution in [0.2, 0.25) is 0 Å². The molecule has 1 fully saturated rings. The number of benzene rings is 1. The summed E-state index contributed by atoms with van der Waals surface area (Å²) >= 11 is 1.69. The Labute approximate surface area is 195 Å². The second-order valence-electron chi connectivity index (χ2n) is 9.79. The molecule has 0 spiro atoms. The Hall–Kier alpha value is -2.03. The van der Waals surface area contributed by atoms with Crippen LogP contribution in [0.25, 0.3) is 0 Å². The van der Waals surface area contributed by atoms with Gasteiger partial charge in [-0.1, -0.05) is 42.5 Å². The first-order chi connectivity index (χ1) is 14.7. The van der Waals surface area contributed by atoms with Crippen LogP contribution in [0, 0.1) is 0 Å². The van der Waals surface area contributed by atoms with E-state index in [1.807, 2.05) is 62.1 Å². The fraction of sp³-hybridized carbons (Fsp3) is 0.583. The number of urea groups is 1. The highest BCUT2D eigenvalue weighted by molar-refractivity contribution is 8.01. The number of hydrogen-bond donors (Lipinski definition) is 3. The molecule has 7 nitrogen and oxygen atoms in total. The number of carboxylic acids is 1. The summed E-state index contributed by atoms with van der Waals surface area (Å²) in [5.41, 5.74) is 0.652. The maximum atomic E-state index is 13.7. The number of carbonyl (C=O) groups excluding carboxylic acids is 1. The van der Waals surface area contributed by atoms with Crippen molar-refractivity contribution in [2.45, 2.75) is 81.4 Å². The monoisotopic (exact) mass is 464 g/mol. The molecule has 0 saturated carbocycles. The van der Waals surface area contributed by atoms with E-state index in [0.29, 0.717) is 0 Å². The molecule has 0 aromatic heterocycles. The first-order valence-electron chi connectivity index (χ1n) is 10.8. The zero-order chi connectivity index (χ0) is 24.3. The Balaban J connectivity index is 2.36.